The van der Waals surface area contributed by atoms with E-state index in [1.165, 1.54) is 19.3 Å². The van der Waals surface area contributed by atoms with Gasteiger partial charge in [0.2, 0.25) is 0 Å². The molecular formula is C23H41NO4. The lowest BCUT2D eigenvalue weighted by atomic mass is 9.67. The molecular weight excluding hydrogens is 354 g/mol. The molecule has 1 N–H and O–H groups in total. The molecule has 0 bridgehead atoms. The summed E-state index contributed by atoms with van der Waals surface area (Å²) < 4.78 is 10.8. The Morgan fingerprint density at radius 3 is 2.50 bits per heavy atom. The highest BCUT2D eigenvalue weighted by molar-refractivity contribution is 5.70. The fraction of sp³-hybridized carbons (Fsp3) is 0.826. The van der Waals surface area contributed by atoms with Crippen LogP contribution in [0.25, 0.3) is 0 Å². The number of aliphatic hydroxyl groups is 1. The fourth-order valence-corrected chi connectivity index (χ4v) is 3.89. The predicted octanol–water partition coefficient (Wildman–Crippen LogP) is 5.83. The molecule has 0 saturated heterocycles. The molecule has 0 amide bonds. The van der Waals surface area contributed by atoms with Crippen molar-refractivity contribution in [1.82, 2.24) is 5.16 Å². The molecule has 162 valence electrons. The van der Waals surface area contributed by atoms with Crippen LogP contribution >= 0.6 is 0 Å². The molecule has 1 aromatic heterocycles. The lowest BCUT2D eigenvalue weighted by molar-refractivity contribution is -0.148. The average molecular weight is 396 g/mol. The molecule has 0 unspecified atom stereocenters. The number of hydrogen-bond acceptors (Lipinski definition) is 5. The highest BCUT2D eigenvalue weighted by Gasteiger charge is 2.35. The second-order valence-electron chi connectivity index (χ2n) is 9.26. The molecule has 1 heterocycles. The van der Waals surface area contributed by atoms with Gasteiger partial charge in [0.05, 0.1) is 18.2 Å². The van der Waals surface area contributed by atoms with Gasteiger partial charge >= 0.3 is 5.97 Å². The first-order valence-corrected chi connectivity index (χ1v) is 10.9. The Labute approximate surface area is 171 Å². The number of ether oxygens (including phenoxy) is 1. The van der Waals surface area contributed by atoms with Crippen LogP contribution in [0.15, 0.2) is 10.6 Å². The van der Waals surface area contributed by atoms with Crippen molar-refractivity contribution < 1.29 is 19.2 Å². The number of esters is 1. The van der Waals surface area contributed by atoms with Gasteiger partial charge in [-0.3, -0.25) is 4.79 Å². The molecule has 1 aliphatic carbocycles. The molecule has 5 heteroatoms. The van der Waals surface area contributed by atoms with Gasteiger partial charge in [-0.1, -0.05) is 39.8 Å². The van der Waals surface area contributed by atoms with Crippen LogP contribution in [-0.2, 0) is 9.53 Å². The summed E-state index contributed by atoms with van der Waals surface area (Å²) >= 11 is 0. The van der Waals surface area contributed by atoms with Crippen molar-refractivity contribution in [2.75, 3.05) is 6.61 Å². The third kappa shape index (κ3) is 8.34. The van der Waals surface area contributed by atoms with E-state index in [1.54, 1.807) is 0 Å². The molecule has 0 spiro atoms. The summed E-state index contributed by atoms with van der Waals surface area (Å²) in [5, 5.41) is 13.4. The minimum Gasteiger partial charge on any atom is -0.463 e. The zero-order valence-electron chi connectivity index (χ0n) is 19.0. The highest BCUT2D eigenvalue weighted by atomic mass is 16.5. The number of hydrogen-bond donors (Lipinski definition) is 1. The van der Waals surface area contributed by atoms with Crippen molar-refractivity contribution >= 4 is 5.97 Å². The molecule has 1 saturated carbocycles. The predicted molar refractivity (Wildman–Crippen MR) is 112 cm³/mol. The Balaban J connectivity index is 0.00000190. The topological polar surface area (TPSA) is 72.6 Å². The van der Waals surface area contributed by atoms with Gasteiger partial charge < -0.3 is 14.4 Å². The fourth-order valence-electron chi connectivity index (χ4n) is 3.89. The highest BCUT2D eigenvalue weighted by Crippen LogP contribution is 2.46. The zero-order valence-corrected chi connectivity index (χ0v) is 19.0. The monoisotopic (exact) mass is 395 g/mol. The lowest BCUT2D eigenvalue weighted by Crippen LogP contribution is -2.26. The van der Waals surface area contributed by atoms with Gasteiger partial charge in [0.1, 0.15) is 5.76 Å². The first kappa shape index (κ1) is 24.7. The van der Waals surface area contributed by atoms with Crippen LogP contribution in [0, 0.1) is 11.3 Å². The van der Waals surface area contributed by atoms with Crippen LogP contribution in [0.4, 0.5) is 0 Å². The number of aromatic nitrogens is 1. The normalized spacial score (nSPS) is 20.2. The Morgan fingerprint density at radius 1 is 1.32 bits per heavy atom. The van der Waals surface area contributed by atoms with Crippen molar-refractivity contribution in [1.29, 1.82) is 0 Å². The van der Waals surface area contributed by atoms with Crippen LogP contribution in [0.5, 0.6) is 0 Å². The molecule has 1 atom stereocenters. The summed E-state index contributed by atoms with van der Waals surface area (Å²) in [5.41, 5.74) is 1.38. The number of rotatable bonds is 9. The van der Waals surface area contributed by atoms with Gasteiger partial charge in [-0.25, -0.2) is 0 Å². The molecule has 5 nitrogen and oxygen atoms in total. The Hall–Kier alpha value is -1.36. The SMILES string of the molecule is CC.CC(C)OC(=O)C[C@H](CCCO)c1cc(C2CC(CC(C)(C)C)C2)no1. The van der Waals surface area contributed by atoms with E-state index in [0.717, 1.165) is 17.4 Å². The molecule has 1 aliphatic rings. The molecule has 1 fully saturated rings. The first-order chi connectivity index (χ1) is 13.2. The molecule has 28 heavy (non-hydrogen) atoms. The maximum atomic E-state index is 12.0. The second kappa shape index (κ2) is 11.6. The molecule has 0 radical (unpaired) electrons. The summed E-state index contributed by atoms with van der Waals surface area (Å²) in [6.07, 6.45) is 5.04. The van der Waals surface area contributed by atoms with E-state index >= 15 is 0 Å². The molecule has 2 rings (SSSR count). The third-order valence-electron chi connectivity index (χ3n) is 4.99. The number of carbonyl (C=O) groups is 1. The Morgan fingerprint density at radius 2 is 1.96 bits per heavy atom. The van der Waals surface area contributed by atoms with E-state index in [4.69, 9.17) is 14.4 Å². The zero-order chi connectivity index (χ0) is 21.3. The standard InChI is InChI=1S/C21H35NO4.C2H6/c1-14(2)25-20(24)11-16(7-6-8-23)19-12-18(22-26-19)17-9-15(10-17)13-21(3,4)5;1-2/h12,14-17,23H,6-11,13H2,1-5H3;1-2H3/t15?,16-,17?;/m0./s1. The summed E-state index contributed by atoms with van der Waals surface area (Å²) in [4.78, 5) is 12.0. The largest absolute Gasteiger partial charge is 0.463 e. The lowest BCUT2D eigenvalue weighted by Gasteiger charge is -2.37. The Bertz CT molecular complexity index is 567. The number of aliphatic hydroxyl groups excluding tert-OH is 1. The van der Waals surface area contributed by atoms with Crippen molar-refractivity contribution in [2.24, 2.45) is 11.3 Å². The van der Waals surface area contributed by atoms with E-state index in [2.05, 4.69) is 25.9 Å². The maximum Gasteiger partial charge on any atom is 0.306 e. The Kier molecular flexibility index (Phi) is 10.2. The minimum absolute atomic E-state index is 0.0832. The van der Waals surface area contributed by atoms with Crippen LogP contribution in [0.1, 0.15) is 110 Å². The average Bonchev–Trinajstić information content (AvgIpc) is 3.04. The van der Waals surface area contributed by atoms with Gasteiger partial charge in [0, 0.05) is 24.5 Å². The second-order valence-corrected chi connectivity index (χ2v) is 9.26. The van der Waals surface area contributed by atoms with E-state index in [-0.39, 0.29) is 31.0 Å². The smallest absolute Gasteiger partial charge is 0.306 e. The van der Waals surface area contributed by atoms with Crippen LogP contribution in [0.2, 0.25) is 0 Å². The summed E-state index contributed by atoms with van der Waals surface area (Å²) in [5.74, 6) is 1.68. The van der Waals surface area contributed by atoms with Crippen molar-refractivity contribution in [3.05, 3.63) is 17.5 Å². The van der Waals surface area contributed by atoms with Crippen molar-refractivity contribution in [2.45, 2.75) is 105 Å². The van der Waals surface area contributed by atoms with Gasteiger partial charge in [0.15, 0.2) is 0 Å². The van der Waals surface area contributed by atoms with E-state index in [0.29, 0.717) is 24.2 Å². The third-order valence-corrected chi connectivity index (χ3v) is 4.99. The molecule has 0 aromatic carbocycles. The quantitative estimate of drug-likeness (QED) is 0.533. The van der Waals surface area contributed by atoms with Gasteiger partial charge in [-0.15, -0.1) is 0 Å². The summed E-state index contributed by atoms with van der Waals surface area (Å²) in [6, 6.07) is 2.02. The number of carbonyl (C=O) groups excluding carboxylic acids is 1. The number of nitrogens with zero attached hydrogens (tertiary/aromatic N) is 1. The van der Waals surface area contributed by atoms with E-state index in [9.17, 15) is 4.79 Å². The maximum absolute atomic E-state index is 12.0. The van der Waals surface area contributed by atoms with Crippen molar-refractivity contribution in [3.8, 4) is 0 Å². The van der Waals surface area contributed by atoms with Gasteiger partial charge in [-0.05, 0) is 57.3 Å². The summed E-state index contributed by atoms with van der Waals surface area (Å²) in [6.45, 7) is 14.7. The van der Waals surface area contributed by atoms with Gasteiger partial charge in [0.25, 0.3) is 0 Å². The van der Waals surface area contributed by atoms with E-state index in [1.807, 2.05) is 33.8 Å². The van der Waals surface area contributed by atoms with Crippen molar-refractivity contribution in [3.63, 3.8) is 0 Å². The van der Waals surface area contributed by atoms with E-state index < -0.39 is 0 Å². The summed E-state index contributed by atoms with van der Waals surface area (Å²) in [7, 11) is 0. The van der Waals surface area contributed by atoms with Crippen LogP contribution < -0.4 is 0 Å². The minimum atomic E-state index is -0.227. The first-order valence-electron chi connectivity index (χ1n) is 10.9. The van der Waals surface area contributed by atoms with Crippen LogP contribution in [-0.4, -0.2) is 28.9 Å². The van der Waals surface area contributed by atoms with Crippen LogP contribution in [0.3, 0.4) is 0 Å². The van der Waals surface area contributed by atoms with Gasteiger partial charge in [-0.2, -0.15) is 0 Å². The molecule has 0 aliphatic heterocycles. The molecule has 1 aromatic rings.